The van der Waals surface area contributed by atoms with Crippen molar-refractivity contribution in [2.45, 2.75) is 6.18 Å². The van der Waals surface area contributed by atoms with Crippen LogP contribution >= 0.6 is 0 Å². The van der Waals surface area contributed by atoms with E-state index in [1.54, 1.807) is 18.2 Å². The van der Waals surface area contributed by atoms with Crippen LogP contribution in [0.4, 0.5) is 17.6 Å². The smallest absolute Gasteiger partial charge is 0.237 e. The lowest BCUT2D eigenvalue weighted by molar-refractivity contribution is -0.137. The molecule has 2 aromatic heterocycles. The number of rotatable bonds is 1. The normalized spacial score (nSPS) is 11.8. The molecule has 0 aliphatic rings. The van der Waals surface area contributed by atoms with Gasteiger partial charge in [-0.15, -0.1) is 0 Å². The molecule has 0 radical (unpaired) electrons. The highest BCUT2D eigenvalue weighted by atomic mass is 19.4. The fourth-order valence-corrected chi connectivity index (χ4v) is 2.00. The van der Waals surface area contributed by atoms with Crippen LogP contribution in [0, 0.1) is 5.82 Å². The predicted molar refractivity (Wildman–Crippen MR) is 69.9 cm³/mol. The van der Waals surface area contributed by atoms with E-state index < -0.39 is 17.6 Å². The summed E-state index contributed by atoms with van der Waals surface area (Å²) in [6.45, 7) is 0. The molecule has 0 bridgehead atoms. The van der Waals surface area contributed by atoms with Crippen molar-refractivity contribution in [3.05, 3.63) is 60.0 Å². The third-order valence-electron chi connectivity index (χ3n) is 3.03. The van der Waals surface area contributed by atoms with Crippen molar-refractivity contribution in [1.29, 1.82) is 0 Å². The molecule has 0 amide bonds. The maximum absolute atomic E-state index is 13.8. The van der Waals surface area contributed by atoms with E-state index in [-0.39, 0.29) is 11.3 Å². The molecule has 0 aliphatic carbocycles. The van der Waals surface area contributed by atoms with Gasteiger partial charge in [-0.1, -0.05) is 0 Å². The van der Waals surface area contributed by atoms with Crippen molar-refractivity contribution in [3.63, 3.8) is 0 Å². The molecule has 3 aromatic rings. The fraction of sp³-hybridized carbons (Fsp3) is 0.0667. The summed E-state index contributed by atoms with van der Waals surface area (Å²) in [6.07, 6.45) is -3.01. The van der Waals surface area contributed by atoms with Crippen molar-refractivity contribution in [3.8, 4) is 11.3 Å². The van der Waals surface area contributed by atoms with E-state index in [2.05, 4.69) is 9.97 Å². The molecule has 21 heavy (non-hydrogen) atoms. The number of fused-ring (bicyclic) bond motifs is 1. The lowest BCUT2D eigenvalue weighted by atomic mass is 10.1. The maximum Gasteiger partial charge on any atom is 0.416 e. The van der Waals surface area contributed by atoms with Crippen molar-refractivity contribution in [2.24, 2.45) is 0 Å². The SMILES string of the molecule is Fc1ccc(C(F)(F)F)cc1-c1ccc2cccnc2n1. The van der Waals surface area contributed by atoms with Crippen molar-refractivity contribution >= 4 is 11.0 Å². The van der Waals surface area contributed by atoms with Gasteiger partial charge in [0.2, 0.25) is 0 Å². The van der Waals surface area contributed by atoms with Gasteiger partial charge in [-0.2, -0.15) is 13.2 Å². The first-order chi connectivity index (χ1) is 9.95. The van der Waals surface area contributed by atoms with Crippen LogP contribution in [-0.2, 0) is 6.18 Å². The van der Waals surface area contributed by atoms with Gasteiger partial charge in [0.15, 0.2) is 5.65 Å². The highest BCUT2D eigenvalue weighted by Crippen LogP contribution is 2.33. The lowest BCUT2D eigenvalue weighted by Crippen LogP contribution is -2.05. The molecule has 2 heterocycles. The third-order valence-corrected chi connectivity index (χ3v) is 3.03. The Morgan fingerprint density at radius 2 is 1.76 bits per heavy atom. The number of halogens is 4. The van der Waals surface area contributed by atoms with Crippen LogP contribution in [0.5, 0.6) is 0 Å². The van der Waals surface area contributed by atoms with Gasteiger partial charge in [-0.3, -0.25) is 0 Å². The van der Waals surface area contributed by atoms with E-state index in [4.69, 9.17) is 0 Å². The van der Waals surface area contributed by atoms with Crippen LogP contribution in [-0.4, -0.2) is 9.97 Å². The zero-order valence-electron chi connectivity index (χ0n) is 10.5. The minimum atomic E-state index is -4.53. The Morgan fingerprint density at radius 1 is 0.952 bits per heavy atom. The van der Waals surface area contributed by atoms with Crippen LogP contribution in [0.1, 0.15) is 5.56 Å². The largest absolute Gasteiger partial charge is 0.416 e. The van der Waals surface area contributed by atoms with Gasteiger partial charge in [-0.05, 0) is 42.5 Å². The summed E-state index contributed by atoms with van der Waals surface area (Å²) in [7, 11) is 0. The molecular formula is C15H8F4N2. The van der Waals surface area contributed by atoms with Crippen LogP contribution in [0.15, 0.2) is 48.7 Å². The van der Waals surface area contributed by atoms with E-state index in [9.17, 15) is 17.6 Å². The summed E-state index contributed by atoms with van der Waals surface area (Å²) in [4.78, 5) is 8.12. The van der Waals surface area contributed by atoms with E-state index in [1.165, 1.54) is 12.3 Å². The molecule has 3 rings (SSSR count). The molecule has 0 saturated carbocycles. The van der Waals surface area contributed by atoms with Crippen molar-refractivity contribution in [2.75, 3.05) is 0 Å². The monoisotopic (exact) mass is 292 g/mol. The Balaban J connectivity index is 2.17. The molecule has 0 saturated heterocycles. The van der Waals surface area contributed by atoms with E-state index >= 15 is 0 Å². The topological polar surface area (TPSA) is 25.8 Å². The van der Waals surface area contributed by atoms with E-state index in [0.717, 1.165) is 17.5 Å². The van der Waals surface area contributed by atoms with E-state index in [1.807, 2.05) is 0 Å². The first-order valence-electron chi connectivity index (χ1n) is 6.04. The number of hydrogen-bond acceptors (Lipinski definition) is 2. The summed E-state index contributed by atoms with van der Waals surface area (Å²) in [5.74, 6) is -0.759. The van der Waals surface area contributed by atoms with Crippen LogP contribution in [0.25, 0.3) is 22.3 Å². The molecular weight excluding hydrogens is 284 g/mol. The van der Waals surface area contributed by atoms with Gasteiger partial charge in [0.1, 0.15) is 5.82 Å². The molecule has 6 heteroatoms. The summed E-state index contributed by atoms with van der Waals surface area (Å²) < 4.78 is 52.0. The molecule has 0 aliphatic heterocycles. The zero-order valence-corrected chi connectivity index (χ0v) is 10.5. The molecule has 0 atom stereocenters. The highest BCUT2D eigenvalue weighted by Gasteiger charge is 2.31. The Labute approximate surface area is 117 Å². The first-order valence-corrected chi connectivity index (χ1v) is 6.04. The Kier molecular flexibility index (Phi) is 3.08. The highest BCUT2D eigenvalue weighted by molar-refractivity contribution is 5.78. The van der Waals surface area contributed by atoms with Gasteiger partial charge in [0, 0.05) is 17.1 Å². The number of benzene rings is 1. The lowest BCUT2D eigenvalue weighted by Gasteiger charge is -2.09. The Morgan fingerprint density at radius 3 is 2.52 bits per heavy atom. The average Bonchev–Trinajstić information content (AvgIpc) is 2.46. The van der Waals surface area contributed by atoms with Crippen LogP contribution in [0.2, 0.25) is 0 Å². The van der Waals surface area contributed by atoms with Crippen LogP contribution in [0.3, 0.4) is 0 Å². The average molecular weight is 292 g/mol. The van der Waals surface area contributed by atoms with Gasteiger partial charge >= 0.3 is 6.18 Å². The second-order valence-electron chi connectivity index (χ2n) is 4.44. The number of pyridine rings is 2. The maximum atomic E-state index is 13.8. The van der Waals surface area contributed by atoms with Crippen molar-refractivity contribution < 1.29 is 17.6 Å². The second kappa shape index (κ2) is 4.80. The first kappa shape index (κ1) is 13.5. The molecule has 0 spiro atoms. The number of alkyl halides is 3. The molecule has 106 valence electrons. The summed E-state index contributed by atoms with van der Waals surface area (Å²) in [5, 5.41) is 0.730. The molecule has 0 N–H and O–H groups in total. The molecule has 0 fully saturated rings. The summed E-state index contributed by atoms with van der Waals surface area (Å²) in [5.41, 5.74) is -0.643. The summed E-state index contributed by atoms with van der Waals surface area (Å²) >= 11 is 0. The number of hydrogen-bond donors (Lipinski definition) is 0. The molecule has 0 unspecified atom stereocenters. The predicted octanol–water partition coefficient (Wildman–Crippen LogP) is 4.45. The van der Waals surface area contributed by atoms with Gasteiger partial charge in [0.05, 0.1) is 11.3 Å². The fourth-order valence-electron chi connectivity index (χ4n) is 2.00. The third kappa shape index (κ3) is 2.56. The minimum absolute atomic E-state index is 0.116. The van der Waals surface area contributed by atoms with Gasteiger partial charge in [-0.25, -0.2) is 14.4 Å². The number of nitrogens with zero attached hydrogens (tertiary/aromatic N) is 2. The van der Waals surface area contributed by atoms with E-state index in [0.29, 0.717) is 11.7 Å². The molecule has 2 nitrogen and oxygen atoms in total. The minimum Gasteiger partial charge on any atom is -0.237 e. The Hall–Kier alpha value is -2.50. The van der Waals surface area contributed by atoms with Crippen LogP contribution < -0.4 is 0 Å². The quantitative estimate of drug-likeness (QED) is 0.619. The standard InChI is InChI=1S/C15H8F4N2/c16-12-5-4-10(15(17,18)19)8-11(12)13-6-3-9-2-1-7-20-14(9)21-13/h1-8H. The summed E-state index contributed by atoms with van der Waals surface area (Å²) in [6, 6.07) is 8.86. The number of aromatic nitrogens is 2. The molecule has 1 aromatic carbocycles. The Bertz CT molecular complexity index is 812. The van der Waals surface area contributed by atoms with Gasteiger partial charge in [0.25, 0.3) is 0 Å². The van der Waals surface area contributed by atoms with Gasteiger partial charge < -0.3 is 0 Å². The second-order valence-corrected chi connectivity index (χ2v) is 4.44. The van der Waals surface area contributed by atoms with Crippen molar-refractivity contribution in [1.82, 2.24) is 9.97 Å². The zero-order chi connectivity index (χ0) is 15.0.